The molecule has 1 rings (SSSR count). The lowest BCUT2D eigenvalue weighted by Gasteiger charge is -2.11. The summed E-state index contributed by atoms with van der Waals surface area (Å²) in [7, 11) is 3.19. The summed E-state index contributed by atoms with van der Waals surface area (Å²) in [5.41, 5.74) is -0.712. The van der Waals surface area contributed by atoms with Gasteiger partial charge in [-0.2, -0.15) is 0 Å². The number of benzene rings is 1. The Balaban J connectivity index is 3.45. The van der Waals surface area contributed by atoms with Crippen LogP contribution < -0.4 is 9.47 Å². The Kier molecular flexibility index (Phi) is 4.16. The zero-order chi connectivity index (χ0) is 13.2. The molecule has 17 heavy (non-hydrogen) atoms. The van der Waals surface area contributed by atoms with Crippen molar-refractivity contribution in [3.05, 3.63) is 23.3 Å². The zero-order valence-electron chi connectivity index (χ0n) is 8.96. The quantitative estimate of drug-likeness (QED) is 0.795. The molecule has 0 saturated heterocycles. The van der Waals surface area contributed by atoms with Crippen molar-refractivity contribution in [1.29, 1.82) is 0 Å². The Bertz CT molecular complexity index is 502. The van der Waals surface area contributed by atoms with E-state index in [-0.39, 0.29) is 11.5 Å². The third-order valence-electron chi connectivity index (χ3n) is 1.98. The monoisotopic (exact) mass is 286 g/mol. The van der Waals surface area contributed by atoms with E-state index >= 15 is 0 Å². The smallest absolute Gasteiger partial charge is 0.236 e. The number of hydrogen-bond acceptors (Lipinski definition) is 4. The van der Waals surface area contributed by atoms with Crippen LogP contribution in [-0.2, 0) is 14.8 Å². The molecule has 4 nitrogen and oxygen atoms in total. The molecule has 0 fully saturated rings. The van der Waals surface area contributed by atoms with Crippen molar-refractivity contribution in [3.8, 4) is 11.5 Å². The predicted molar refractivity (Wildman–Crippen MR) is 57.9 cm³/mol. The molecule has 0 unspecified atom stereocenters. The molecule has 0 aliphatic carbocycles. The summed E-state index contributed by atoms with van der Waals surface area (Å²) in [6, 6.07) is 0.981. The van der Waals surface area contributed by atoms with Crippen molar-refractivity contribution in [3.63, 3.8) is 0 Å². The van der Waals surface area contributed by atoms with Gasteiger partial charge in [-0.3, -0.25) is 0 Å². The lowest BCUT2D eigenvalue weighted by molar-refractivity contribution is 0.354. The minimum atomic E-state index is -4.09. The van der Waals surface area contributed by atoms with Crippen molar-refractivity contribution >= 4 is 19.7 Å². The molecule has 0 spiro atoms. The molecule has 0 aliphatic rings. The van der Waals surface area contributed by atoms with Crippen LogP contribution in [0.3, 0.4) is 0 Å². The molecule has 0 amide bonds. The highest BCUT2D eigenvalue weighted by Gasteiger charge is 2.23. The van der Waals surface area contributed by atoms with Gasteiger partial charge in [-0.05, 0) is 0 Å². The fourth-order valence-electron chi connectivity index (χ4n) is 1.24. The molecule has 8 heteroatoms. The molecule has 96 valence electrons. The summed E-state index contributed by atoms with van der Waals surface area (Å²) >= 11 is 0. The van der Waals surface area contributed by atoms with Gasteiger partial charge >= 0.3 is 0 Å². The van der Waals surface area contributed by atoms with Gasteiger partial charge in [0, 0.05) is 22.3 Å². The molecule has 0 bridgehead atoms. The summed E-state index contributed by atoms with van der Waals surface area (Å²) in [4.78, 5) is 0. The number of methoxy groups -OCH3 is 2. The van der Waals surface area contributed by atoms with Gasteiger partial charge in [-0.25, -0.2) is 17.2 Å². The maximum absolute atomic E-state index is 13.6. The van der Waals surface area contributed by atoms with Crippen LogP contribution >= 0.6 is 10.7 Å². The van der Waals surface area contributed by atoms with Crippen LogP contribution in [0.15, 0.2) is 6.07 Å². The van der Waals surface area contributed by atoms with Crippen molar-refractivity contribution in [2.45, 2.75) is 5.75 Å². The van der Waals surface area contributed by atoms with E-state index in [1.165, 1.54) is 0 Å². The van der Waals surface area contributed by atoms with Crippen LogP contribution in [0.25, 0.3) is 0 Å². The summed E-state index contributed by atoms with van der Waals surface area (Å²) in [5.74, 6) is -3.86. The normalized spacial score (nSPS) is 11.4. The second kappa shape index (κ2) is 5.05. The van der Waals surface area contributed by atoms with E-state index < -0.39 is 32.0 Å². The Morgan fingerprint density at radius 3 is 1.88 bits per heavy atom. The molecule has 0 aliphatic heterocycles. The lowest BCUT2D eigenvalue weighted by atomic mass is 10.2. The van der Waals surface area contributed by atoms with Crippen LogP contribution in [0.1, 0.15) is 5.56 Å². The first-order chi connectivity index (χ1) is 7.80. The summed E-state index contributed by atoms with van der Waals surface area (Å²) in [6.07, 6.45) is 0. The van der Waals surface area contributed by atoms with E-state index in [2.05, 4.69) is 9.47 Å². The van der Waals surface area contributed by atoms with Gasteiger partial charge in [-0.1, -0.05) is 0 Å². The third-order valence-corrected chi connectivity index (χ3v) is 2.94. The van der Waals surface area contributed by atoms with Crippen LogP contribution in [-0.4, -0.2) is 22.6 Å². The predicted octanol–water partition coefficient (Wildman–Crippen LogP) is 2.05. The van der Waals surface area contributed by atoms with E-state index in [1.807, 2.05) is 0 Å². The number of rotatable bonds is 4. The van der Waals surface area contributed by atoms with Crippen molar-refractivity contribution < 1.29 is 26.7 Å². The van der Waals surface area contributed by atoms with Crippen molar-refractivity contribution in [2.24, 2.45) is 0 Å². The first-order valence-corrected chi connectivity index (χ1v) is 6.79. The van der Waals surface area contributed by atoms with Gasteiger partial charge in [-0.15, -0.1) is 0 Å². The molecule has 1 aromatic rings. The van der Waals surface area contributed by atoms with Gasteiger partial charge in [0.25, 0.3) is 0 Å². The van der Waals surface area contributed by atoms with Crippen LogP contribution in [0.4, 0.5) is 8.78 Å². The van der Waals surface area contributed by atoms with Gasteiger partial charge in [0.15, 0.2) is 23.1 Å². The highest BCUT2D eigenvalue weighted by atomic mass is 35.7. The van der Waals surface area contributed by atoms with Crippen molar-refractivity contribution in [2.75, 3.05) is 14.2 Å². The van der Waals surface area contributed by atoms with Crippen LogP contribution in [0.2, 0.25) is 0 Å². The number of ether oxygens (including phenoxy) is 2. The first-order valence-electron chi connectivity index (χ1n) is 4.31. The van der Waals surface area contributed by atoms with Gasteiger partial charge in [0.1, 0.15) is 0 Å². The summed E-state index contributed by atoms with van der Waals surface area (Å²) in [5, 5.41) is 0. The topological polar surface area (TPSA) is 52.6 Å². The summed E-state index contributed by atoms with van der Waals surface area (Å²) in [6.45, 7) is 0. The zero-order valence-corrected chi connectivity index (χ0v) is 10.5. The summed E-state index contributed by atoms with van der Waals surface area (Å²) < 4.78 is 58.3. The first kappa shape index (κ1) is 14.0. The Hall–Kier alpha value is -1.08. The molecular weight excluding hydrogens is 278 g/mol. The molecular formula is C9H9ClF2O4S. The van der Waals surface area contributed by atoms with Crippen molar-refractivity contribution in [1.82, 2.24) is 0 Å². The average Bonchev–Trinajstić information content (AvgIpc) is 2.23. The molecule has 0 N–H and O–H groups in total. The standard InChI is InChI=1S/C9H9ClF2O4S/c1-15-6-3-7(16-2)9(12)5(8(6)11)4-17(10,13)14/h3H,4H2,1-2H3. The fourth-order valence-corrected chi connectivity index (χ4v) is 2.16. The second-order valence-electron chi connectivity index (χ2n) is 3.07. The van der Waals surface area contributed by atoms with Crippen LogP contribution in [0, 0.1) is 11.6 Å². The molecule has 0 saturated carbocycles. The maximum Gasteiger partial charge on any atom is 0.236 e. The van der Waals surface area contributed by atoms with E-state index in [1.54, 1.807) is 0 Å². The molecule has 1 aromatic carbocycles. The number of halogens is 3. The van der Waals surface area contributed by atoms with Gasteiger partial charge in [0.2, 0.25) is 9.05 Å². The highest BCUT2D eigenvalue weighted by Crippen LogP contribution is 2.32. The number of hydrogen-bond donors (Lipinski definition) is 0. The van der Waals surface area contributed by atoms with E-state index in [9.17, 15) is 17.2 Å². The Morgan fingerprint density at radius 1 is 1.18 bits per heavy atom. The minimum absolute atomic E-state index is 0.321. The highest BCUT2D eigenvalue weighted by molar-refractivity contribution is 8.13. The minimum Gasteiger partial charge on any atom is -0.494 e. The molecule has 0 atom stereocenters. The van der Waals surface area contributed by atoms with E-state index in [4.69, 9.17) is 10.7 Å². The van der Waals surface area contributed by atoms with Gasteiger partial charge < -0.3 is 9.47 Å². The van der Waals surface area contributed by atoms with Crippen LogP contribution in [0.5, 0.6) is 11.5 Å². The Morgan fingerprint density at radius 2 is 1.59 bits per heavy atom. The maximum atomic E-state index is 13.6. The molecule has 0 aromatic heterocycles. The SMILES string of the molecule is COc1cc(OC)c(F)c(CS(=O)(=O)Cl)c1F. The Labute approximate surface area is 102 Å². The fraction of sp³-hybridized carbons (Fsp3) is 0.333. The largest absolute Gasteiger partial charge is 0.494 e. The van der Waals surface area contributed by atoms with E-state index in [0.717, 1.165) is 20.3 Å². The second-order valence-corrected chi connectivity index (χ2v) is 5.85. The average molecular weight is 287 g/mol. The molecule has 0 radical (unpaired) electrons. The lowest BCUT2D eigenvalue weighted by Crippen LogP contribution is -2.05. The molecule has 0 heterocycles. The van der Waals surface area contributed by atoms with E-state index in [0.29, 0.717) is 0 Å². The third kappa shape index (κ3) is 3.19. The van der Waals surface area contributed by atoms with Gasteiger partial charge in [0.05, 0.1) is 20.0 Å².